The molecule has 0 spiro atoms. The van der Waals surface area contributed by atoms with Gasteiger partial charge in [-0.2, -0.15) is 0 Å². The van der Waals surface area contributed by atoms with E-state index in [1.807, 2.05) is 30.3 Å². The highest BCUT2D eigenvalue weighted by Crippen LogP contribution is 2.12. The van der Waals surface area contributed by atoms with E-state index in [-0.39, 0.29) is 12.5 Å². The number of hydrogen-bond donors (Lipinski definition) is 2. The molecule has 1 aromatic heterocycles. The van der Waals surface area contributed by atoms with Gasteiger partial charge in [0.25, 0.3) is 5.91 Å². The van der Waals surface area contributed by atoms with Crippen molar-refractivity contribution in [1.82, 2.24) is 10.3 Å². The largest absolute Gasteiger partial charge is 0.394 e. The standard InChI is InChI=1S/C14H14N2O2/c17-10-13(11-5-2-1-3-6-11)16-14(18)12-7-4-8-15-9-12/h1-9,13,17H,10H2,(H,16,18)/t13-/m0/s1. The van der Waals surface area contributed by atoms with E-state index in [0.717, 1.165) is 5.56 Å². The molecule has 0 aliphatic heterocycles. The molecule has 2 N–H and O–H groups in total. The van der Waals surface area contributed by atoms with Crippen molar-refractivity contribution in [2.24, 2.45) is 0 Å². The van der Waals surface area contributed by atoms with E-state index in [2.05, 4.69) is 10.3 Å². The first-order valence-electron chi connectivity index (χ1n) is 5.68. The Morgan fingerprint density at radius 3 is 2.61 bits per heavy atom. The molecule has 18 heavy (non-hydrogen) atoms. The third-order valence-corrected chi connectivity index (χ3v) is 2.61. The first-order valence-corrected chi connectivity index (χ1v) is 5.68. The molecule has 0 aliphatic carbocycles. The van der Waals surface area contributed by atoms with Crippen LogP contribution in [0, 0.1) is 0 Å². The number of nitrogens with zero attached hydrogens (tertiary/aromatic N) is 1. The van der Waals surface area contributed by atoms with Gasteiger partial charge in [0, 0.05) is 12.4 Å². The summed E-state index contributed by atoms with van der Waals surface area (Å²) in [6, 6.07) is 12.3. The predicted molar refractivity (Wildman–Crippen MR) is 68.0 cm³/mol. The van der Waals surface area contributed by atoms with Crippen molar-refractivity contribution < 1.29 is 9.90 Å². The molecule has 0 bridgehead atoms. The highest BCUT2D eigenvalue weighted by molar-refractivity contribution is 5.94. The van der Waals surface area contributed by atoms with Gasteiger partial charge in [-0.3, -0.25) is 9.78 Å². The van der Waals surface area contributed by atoms with E-state index < -0.39 is 6.04 Å². The minimum Gasteiger partial charge on any atom is -0.394 e. The van der Waals surface area contributed by atoms with Crippen molar-refractivity contribution in [3.8, 4) is 0 Å². The van der Waals surface area contributed by atoms with Gasteiger partial charge in [0.15, 0.2) is 0 Å². The van der Waals surface area contributed by atoms with Crippen molar-refractivity contribution in [3.05, 3.63) is 66.0 Å². The van der Waals surface area contributed by atoms with Gasteiger partial charge in [-0.15, -0.1) is 0 Å². The summed E-state index contributed by atoms with van der Waals surface area (Å²) >= 11 is 0. The molecule has 0 fully saturated rings. The van der Waals surface area contributed by atoms with Crippen molar-refractivity contribution in [2.75, 3.05) is 6.61 Å². The van der Waals surface area contributed by atoms with Crippen LogP contribution in [0.1, 0.15) is 22.0 Å². The van der Waals surface area contributed by atoms with Gasteiger partial charge < -0.3 is 10.4 Å². The van der Waals surface area contributed by atoms with Gasteiger partial charge >= 0.3 is 0 Å². The second-order valence-electron chi connectivity index (χ2n) is 3.86. The number of pyridine rings is 1. The Morgan fingerprint density at radius 2 is 2.00 bits per heavy atom. The SMILES string of the molecule is O=C(N[C@@H](CO)c1ccccc1)c1cccnc1. The molecular formula is C14H14N2O2. The Morgan fingerprint density at radius 1 is 1.22 bits per heavy atom. The summed E-state index contributed by atoms with van der Waals surface area (Å²) in [5.74, 6) is -0.244. The van der Waals surface area contributed by atoms with E-state index in [0.29, 0.717) is 5.56 Å². The third kappa shape index (κ3) is 2.93. The van der Waals surface area contributed by atoms with Crippen LogP contribution in [-0.4, -0.2) is 22.6 Å². The molecule has 0 unspecified atom stereocenters. The van der Waals surface area contributed by atoms with E-state index in [4.69, 9.17) is 0 Å². The molecule has 1 heterocycles. The quantitative estimate of drug-likeness (QED) is 0.855. The Bertz CT molecular complexity index is 500. The lowest BCUT2D eigenvalue weighted by Crippen LogP contribution is -2.30. The van der Waals surface area contributed by atoms with E-state index in [9.17, 15) is 9.90 Å². The van der Waals surface area contributed by atoms with E-state index >= 15 is 0 Å². The summed E-state index contributed by atoms with van der Waals surface area (Å²) in [5.41, 5.74) is 1.35. The topological polar surface area (TPSA) is 62.2 Å². The highest BCUT2D eigenvalue weighted by Gasteiger charge is 2.14. The molecule has 0 radical (unpaired) electrons. The summed E-state index contributed by atoms with van der Waals surface area (Å²) in [4.78, 5) is 15.8. The van der Waals surface area contributed by atoms with Crippen molar-refractivity contribution >= 4 is 5.91 Å². The summed E-state index contributed by atoms with van der Waals surface area (Å²) in [5, 5.41) is 12.1. The number of carbonyl (C=O) groups excluding carboxylic acids is 1. The van der Waals surface area contributed by atoms with Crippen LogP contribution in [0.15, 0.2) is 54.9 Å². The fraction of sp³-hybridized carbons (Fsp3) is 0.143. The average Bonchev–Trinajstić information content (AvgIpc) is 2.46. The Labute approximate surface area is 105 Å². The monoisotopic (exact) mass is 242 g/mol. The van der Waals surface area contributed by atoms with E-state index in [1.165, 1.54) is 6.20 Å². The number of aromatic nitrogens is 1. The second-order valence-corrected chi connectivity index (χ2v) is 3.86. The van der Waals surface area contributed by atoms with Gasteiger partial charge in [0.05, 0.1) is 18.2 Å². The van der Waals surface area contributed by atoms with Crippen LogP contribution in [0.25, 0.3) is 0 Å². The van der Waals surface area contributed by atoms with Crippen molar-refractivity contribution in [2.45, 2.75) is 6.04 Å². The van der Waals surface area contributed by atoms with E-state index in [1.54, 1.807) is 18.3 Å². The lowest BCUT2D eigenvalue weighted by Gasteiger charge is -2.16. The lowest BCUT2D eigenvalue weighted by atomic mass is 10.1. The van der Waals surface area contributed by atoms with Gasteiger partial charge in [0.2, 0.25) is 0 Å². The number of rotatable bonds is 4. The summed E-state index contributed by atoms with van der Waals surface area (Å²) in [7, 11) is 0. The zero-order chi connectivity index (χ0) is 12.8. The fourth-order valence-electron chi connectivity index (χ4n) is 1.66. The number of carbonyl (C=O) groups is 1. The summed E-state index contributed by atoms with van der Waals surface area (Å²) in [6.45, 7) is -0.143. The molecule has 4 heteroatoms. The predicted octanol–water partition coefficient (Wildman–Crippen LogP) is 1.55. The molecule has 2 rings (SSSR count). The van der Waals surface area contributed by atoms with Crippen LogP contribution < -0.4 is 5.32 Å². The Kier molecular flexibility index (Phi) is 4.04. The summed E-state index contributed by atoms with van der Waals surface area (Å²) in [6.07, 6.45) is 3.10. The number of hydrogen-bond acceptors (Lipinski definition) is 3. The minimum absolute atomic E-state index is 0.143. The minimum atomic E-state index is -0.404. The lowest BCUT2D eigenvalue weighted by molar-refractivity contribution is 0.0916. The normalized spacial score (nSPS) is 11.8. The van der Waals surface area contributed by atoms with Crippen LogP contribution in [0.4, 0.5) is 0 Å². The maximum atomic E-state index is 11.9. The van der Waals surface area contributed by atoms with Crippen LogP contribution in [0.3, 0.4) is 0 Å². The zero-order valence-corrected chi connectivity index (χ0v) is 9.78. The molecule has 0 saturated carbocycles. The molecule has 1 atom stereocenters. The number of amides is 1. The first kappa shape index (κ1) is 12.3. The smallest absolute Gasteiger partial charge is 0.253 e. The first-order chi connectivity index (χ1) is 8.81. The molecule has 2 aromatic rings. The molecule has 0 aliphatic rings. The summed E-state index contributed by atoms with van der Waals surface area (Å²) < 4.78 is 0. The van der Waals surface area contributed by atoms with Gasteiger partial charge in [0.1, 0.15) is 0 Å². The van der Waals surface area contributed by atoms with Gasteiger partial charge in [-0.05, 0) is 17.7 Å². The maximum Gasteiger partial charge on any atom is 0.253 e. The molecule has 4 nitrogen and oxygen atoms in total. The number of aliphatic hydroxyl groups is 1. The van der Waals surface area contributed by atoms with Crippen LogP contribution in [0.5, 0.6) is 0 Å². The Balaban J connectivity index is 2.10. The number of benzene rings is 1. The van der Waals surface area contributed by atoms with Gasteiger partial charge in [-0.25, -0.2) is 0 Å². The third-order valence-electron chi connectivity index (χ3n) is 2.61. The molecule has 1 amide bonds. The fourth-order valence-corrected chi connectivity index (χ4v) is 1.66. The van der Waals surface area contributed by atoms with Gasteiger partial charge in [-0.1, -0.05) is 30.3 Å². The second kappa shape index (κ2) is 5.93. The molecule has 0 saturated heterocycles. The maximum absolute atomic E-state index is 11.9. The van der Waals surface area contributed by atoms with Crippen LogP contribution >= 0.6 is 0 Å². The average molecular weight is 242 g/mol. The Hall–Kier alpha value is -2.20. The highest BCUT2D eigenvalue weighted by atomic mass is 16.3. The number of nitrogens with one attached hydrogen (secondary N) is 1. The van der Waals surface area contributed by atoms with Crippen LogP contribution in [-0.2, 0) is 0 Å². The molecular weight excluding hydrogens is 228 g/mol. The van der Waals surface area contributed by atoms with Crippen molar-refractivity contribution in [3.63, 3.8) is 0 Å². The van der Waals surface area contributed by atoms with Crippen LogP contribution in [0.2, 0.25) is 0 Å². The number of aliphatic hydroxyl groups excluding tert-OH is 1. The molecule has 1 aromatic carbocycles. The molecule has 92 valence electrons. The zero-order valence-electron chi connectivity index (χ0n) is 9.78. The van der Waals surface area contributed by atoms with Crippen molar-refractivity contribution in [1.29, 1.82) is 0 Å².